The third-order valence-electron chi connectivity index (χ3n) is 2.85. The lowest BCUT2D eigenvalue weighted by Gasteiger charge is -1.99. The Bertz CT molecular complexity index is 182. The van der Waals surface area contributed by atoms with Gasteiger partial charge in [-0.1, -0.05) is 44.6 Å². The Balaban J connectivity index is 2.24. The van der Waals surface area contributed by atoms with Crippen molar-refractivity contribution in [1.82, 2.24) is 0 Å². The van der Waals surface area contributed by atoms with Crippen LogP contribution >= 0.6 is 0 Å². The Hall–Kier alpha value is -0.590. The minimum Gasteiger partial charge on any atom is -0.295 e. The van der Waals surface area contributed by atoms with E-state index in [0.717, 1.165) is 19.3 Å². The van der Waals surface area contributed by atoms with E-state index in [1.54, 1.807) is 6.08 Å². The summed E-state index contributed by atoms with van der Waals surface area (Å²) in [5, 5.41) is 0. The van der Waals surface area contributed by atoms with Crippen LogP contribution in [0.5, 0.6) is 0 Å². The van der Waals surface area contributed by atoms with Crippen LogP contribution in [0, 0.1) is 0 Å². The van der Waals surface area contributed by atoms with Crippen molar-refractivity contribution in [3.63, 3.8) is 0 Å². The summed E-state index contributed by atoms with van der Waals surface area (Å²) in [4.78, 5) is 11.3. The van der Waals surface area contributed by atoms with E-state index in [4.69, 9.17) is 0 Å². The number of carbonyl (C=O) groups excluding carboxylic acids is 1. The molecule has 1 nitrogen and oxygen atoms in total. The second-order valence-electron chi connectivity index (χ2n) is 4.24. The number of hydrogen-bond acceptors (Lipinski definition) is 1. The van der Waals surface area contributed by atoms with Crippen LogP contribution in [-0.4, -0.2) is 5.78 Å². The third kappa shape index (κ3) is 5.95. The summed E-state index contributed by atoms with van der Waals surface area (Å²) in [6.45, 7) is 0. The molecule has 1 rings (SSSR count). The maximum atomic E-state index is 11.3. The van der Waals surface area contributed by atoms with Crippen molar-refractivity contribution < 1.29 is 4.79 Å². The van der Waals surface area contributed by atoms with Crippen LogP contribution in [0.2, 0.25) is 0 Å². The largest absolute Gasteiger partial charge is 0.295 e. The van der Waals surface area contributed by atoms with Crippen molar-refractivity contribution in [1.29, 1.82) is 0 Å². The summed E-state index contributed by atoms with van der Waals surface area (Å²) in [6, 6.07) is 0. The third-order valence-corrected chi connectivity index (χ3v) is 2.85. The lowest BCUT2D eigenvalue weighted by Crippen LogP contribution is -1.91. The van der Waals surface area contributed by atoms with Crippen molar-refractivity contribution in [2.24, 2.45) is 0 Å². The molecule has 0 aromatic heterocycles. The van der Waals surface area contributed by atoms with E-state index in [1.165, 1.54) is 44.9 Å². The molecule has 0 saturated heterocycles. The molecule has 0 amide bonds. The quantitative estimate of drug-likeness (QED) is 0.569. The molecule has 0 fully saturated rings. The summed E-state index contributed by atoms with van der Waals surface area (Å²) < 4.78 is 0. The molecule has 0 saturated carbocycles. The Morgan fingerprint density at radius 3 is 2.07 bits per heavy atom. The number of hydrogen-bond donors (Lipinski definition) is 0. The Labute approximate surface area is 87.6 Å². The molecule has 0 heterocycles. The highest BCUT2D eigenvalue weighted by Gasteiger charge is 1.98. The van der Waals surface area contributed by atoms with Crippen LogP contribution < -0.4 is 0 Å². The molecule has 0 aliphatic heterocycles. The predicted molar refractivity (Wildman–Crippen MR) is 60.3 cm³/mol. The zero-order valence-corrected chi connectivity index (χ0v) is 9.13. The summed E-state index contributed by atoms with van der Waals surface area (Å²) in [5.41, 5.74) is 0. The van der Waals surface area contributed by atoms with Gasteiger partial charge < -0.3 is 0 Å². The van der Waals surface area contributed by atoms with E-state index < -0.39 is 0 Å². The molecule has 1 aliphatic rings. The molecule has 1 aliphatic carbocycles. The second-order valence-corrected chi connectivity index (χ2v) is 4.24. The smallest absolute Gasteiger partial charge is 0.155 e. The summed E-state index contributed by atoms with van der Waals surface area (Å²) in [6.07, 6.45) is 16.0. The SMILES string of the molecule is O=C1C=CCCCCCCCCCC1. The molecule has 1 heteroatoms. The highest BCUT2D eigenvalue weighted by atomic mass is 16.1. The molecule has 14 heavy (non-hydrogen) atoms. The molecule has 0 aromatic carbocycles. The van der Waals surface area contributed by atoms with Gasteiger partial charge in [0.25, 0.3) is 0 Å². The Morgan fingerprint density at radius 2 is 1.36 bits per heavy atom. The molecule has 0 unspecified atom stereocenters. The number of ketones is 1. The van der Waals surface area contributed by atoms with Gasteiger partial charge in [-0.2, -0.15) is 0 Å². The van der Waals surface area contributed by atoms with Gasteiger partial charge in [0.1, 0.15) is 0 Å². The predicted octanol–water partition coefficient (Wildman–Crippen LogP) is 4.03. The number of allylic oxidation sites excluding steroid dienone is 2. The van der Waals surface area contributed by atoms with Gasteiger partial charge in [0.2, 0.25) is 0 Å². The summed E-state index contributed by atoms with van der Waals surface area (Å²) in [7, 11) is 0. The topological polar surface area (TPSA) is 17.1 Å². The average Bonchev–Trinajstić information content (AvgIpc) is 2.20. The van der Waals surface area contributed by atoms with E-state index in [-0.39, 0.29) is 0 Å². The molecular weight excluding hydrogens is 172 g/mol. The van der Waals surface area contributed by atoms with E-state index in [1.807, 2.05) is 0 Å². The standard InChI is InChI=1S/C13H22O/c14-13-11-9-7-5-3-1-2-4-6-8-10-12-13/h9,11H,1-8,10,12H2. The van der Waals surface area contributed by atoms with Crippen LogP contribution in [0.25, 0.3) is 0 Å². The zero-order valence-electron chi connectivity index (χ0n) is 9.13. The van der Waals surface area contributed by atoms with Crippen LogP contribution in [0.1, 0.15) is 64.2 Å². The van der Waals surface area contributed by atoms with E-state index in [0.29, 0.717) is 5.78 Å². The molecule has 80 valence electrons. The minimum atomic E-state index is 0.323. The lowest BCUT2D eigenvalue weighted by atomic mass is 10.1. The van der Waals surface area contributed by atoms with Gasteiger partial charge in [-0.05, 0) is 25.3 Å². The molecule has 0 aromatic rings. The van der Waals surface area contributed by atoms with Crippen LogP contribution in [0.3, 0.4) is 0 Å². The number of carbonyl (C=O) groups is 1. The minimum absolute atomic E-state index is 0.323. The Morgan fingerprint density at radius 1 is 0.786 bits per heavy atom. The first-order valence-electron chi connectivity index (χ1n) is 6.09. The average molecular weight is 194 g/mol. The fourth-order valence-electron chi connectivity index (χ4n) is 1.92. The van der Waals surface area contributed by atoms with Gasteiger partial charge in [0, 0.05) is 6.42 Å². The molecule has 0 N–H and O–H groups in total. The Kier molecular flexibility index (Phi) is 6.38. The van der Waals surface area contributed by atoms with E-state index >= 15 is 0 Å². The van der Waals surface area contributed by atoms with Crippen molar-refractivity contribution in [3.8, 4) is 0 Å². The molecule has 0 spiro atoms. The van der Waals surface area contributed by atoms with Gasteiger partial charge >= 0.3 is 0 Å². The van der Waals surface area contributed by atoms with Gasteiger partial charge in [-0.25, -0.2) is 0 Å². The van der Waals surface area contributed by atoms with Crippen LogP contribution in [0.15, 0.2) is 12.2 Å². The maximum Gasteiger partial charge on any atom is 0.155 e. The fraction of sp³-hybridized carbons (Fsp3) is 0.769. The molecule has 0 radical (unpaired) electrons. The van der Waals surface area contributed by atoms with Gasteiger partial charge in [-0.15, -0.1) is 0 Å². The number of rotatable bonds is 0. The van der Waals surface area contributed by atoms with Crippen molar-refractivity contribution in [2.45, 2.75) is 64.2 Å². The first-order chi connectivity index (χ1) is 6.89. The van der Waals surface area contributed by atoms with E-state index in [9.17, 15) is 4.79 Å². The van der Waals surface area contributed by atoms with Crippen molar-refractivity contribution in [3.05, 3.63) is 12.2 Å². The highest BCUT2D eigenvalue weighted by Crippen LogP contribution is 2.12. The normalized spacial score (nSPS) is 22.1. The first kappa shape index (κ1) is 11.5. The van der Waals surface area contributed by atoms with Crippen molar-refractivity contribution >= 4 is 5.78 Å². The molecule has 0 atom stereocenters. The lowest BCUT2D eigenvalue weighted by molar-refractivity contribution is -0.114. The van der Waals surface area contributed by atoms with Crippen LogP contribution in [-0.2, 0) is 4.79 Å². The zero-order chi connectivity index (χ0) is 10.1. The van der Waals surface area contributed by atoms with Gasteiger partial charge in [0.15, 0.2) is 5.78 Å². The van der Waals surface area contributed by atoms with Crippen molar-refractivity contribution in [2.75, 3.05) is 0 Å². The van der Waals surface area contributed by atoms with E-state index in [2.05, 4.69) is 6.08 Å². The first-order valence-corrected chi connectivity index (χ1v) is 6.09. The van der Waals surface area contributed by atoms with Crippen LogP contribution in [0.4, 0.5) is 0 Å². The summed E-state index contributed by atoms with van der Waals surface area (Å²) in [5.74, 6) is 0.323. The monoisotopic (exact) mass is 194 g/mol. The highest BCUT2D eigenvalue weighted by molar-refractivity contribution is 5.89. The van der Waals surface area contributed by atoms with Gasteiger partial charge in [-0.3, -0.25) is 4.79 Å². The molecule has 0 bridgehead atoms. The maximum absolute atomic E-state index is 11.3. The fourth-order valence-corrected chi connectivity index (χ4v) is 1.92. The molecular formula is C13H22O. The summed E-state index contributed by atoms with van der Waals surface area (Å²) >= 11 is 0. The van der Waals surface area contributed by atoms with Gasteiger partial charge in [0.05, 0.1) is 0 Å². The second kappa shape index (κ2) is 7.78.